The van der Waals surface area contributed by atoms with Gasteiger partial charge in [0.1, 0.15) is 0 Å². The van der Waals surface area contributed by atoms with Gasteiger partial charge in [-0.2, -0.15) is 16.3 Å². The van der Waals surface area contributed by atoms with Crippen LogP contribution in [0.2, 0.25) is 0 Å². The Bertz CT molecular complexity index is 506. The van der Waals surface area contributed by atoms with E-state index in [0.717, 1.165) is 44.0 Å². The van der Waals surface area contributed by atoms with Gasteiger partial charge < -0.3 is 9.84 Å². The van der Waals surface area contributed by atoms with Crippen LogP contribution >= 0.6 is 11.3 Å². The fourth-order valence-corrected chi connectivity index (χ4v) is 2.84. The van der Waals surface area contributed by atoms with Crippen molar-refractivity contribution in [2.75, 3.05) is 19.6 Å². The normalized spacial score (nSPS) is 15.9. The maximum atomic E-state index is 5.32. The van der Waals surface area contributed by atoms with Crippen molar-refractivity contribution < 1.29 is 4.52 Å². The predicted octanol–water partition coefficient (Wildman–Crippen LogP) is 1.98. The minimum Gasteiger partial charge on any atom is -0.334 e. The molecule has 0 spiro atoms. The van der Waals surface area contributed by atoms with Crippen LogP contribution in [0.1, 0.15) is 19.2 Å². The van der Waals surface area contributed by atoms with Crippen molar-refractivity contribution >= 4 is 11.3 Å². The number of rotatable bonds is 6. The van der Waals surface area contributed by atoms with Crippen LogP contribution in [0.25, 0.3) is 11.5 Å². The maximum Gasteiger partial charge on any atom is 0.258 e. The smallest absolute Gasteiger partial charge is 0.258 e. The molecule has 2 aromatic rings. The van der Waals surface area contributed by atoms with E-state index in [2.05, 4.69) is 27.3 Å². The lowest BCUT2D eigenvalue weighted by Crippen LogP contribution is -2.57. The minimum atomic E-state index is 0.614. The lowest BCUT2D eigenvalue weighted by atomic mass is 10.1. The Labute approximate surface area is 116 Å². The van der Waals surface area contributed by atoms with Crippen LogP contribution in [-0.2, 0) is 6.54 Å². The topological polar surface area (TPSA) is 54.2 Å². The average Bonchev–Trinajstić information content (AvgIpc) is 2.95. The molecule has 102 valence electrons. The second kappa shape index (κ2) is 5.81. The molecule has 6 heteroatoms. The lowest BCUT2D eigenvalue weighted by molar-refractivity contribution is 0.133. The number of hydrogen-bond acceptors (Lipinski definition) is 6. The fraction of sp³-hybridized carbons (Fsp3) is 0.538. The van der Waals surface area contributed by atoms with Gasteiger partial charge >= 0.3 is 0 Å². The van der Waals surface area contributed by atoms with E-state index >= 15 is 0 Å². The van der Waals surface area contributed by atoms with Crippen LogP contribution in [0.3, 0.4) is 0 Å². The number of aromatic nitrogens is 2. The van der Waals surface area contributed by atoms with Gasteiger partial charge in [0, 0.05) is 24.5 Å². The average molecular weight is 278 g/mol. The second-order valence-electron chi connectivity index (χ2n) is 4.81. The van der Waals surface area contributed by atoms with Crippen molar-refractivity contribution in [2.45, 2.75) is 25.9 Å². The first-order valence-corrected chi connectivity index (χ1v) is 7.61. The van der Waals surface area contributed by atoms with Crippen LogP contribution < -0.4 is 5.32 Å². The first-order valence-electron chi connectivity index (χ1n) is 6.66. The molecule has 0 radical (unpaired) electrons. The standard InChI is InChI=1S/C13H18N4OS/c1-2-4-17(11-6-14-7-11)8-12-15-13(18-16-12)10-3-5-19-9-10/h3,5,9,11,14H,2,4,6-8H2,1H3. The zero-order chi connectivity index (χ0) is 13.1. The van der Waals surface area contributed by atoms with E-state index in [1.165, 1.54) is 0 Å². The SMILES string of the molecule is CCCN(Cc1noc(-c2ccsc2)n1)C1CNC1. The van der Waals surface area contributed by atoms with E-state index in [1.54, 1.807) is 11.3 Å². The Hall–Kier alpha value is -1.24. The molecule has 0 atom stereocenters. The molecule has 0 unspecified atom stereocenters. The maximum absolute atomic E-state index is 5.32. The molecular weight excluding hydrogens is 260 g/mol. The second-order valence-corrected chi connectivity index (χ2v) is 5.59. The van der Waals surface area contributed by atoms with Gasteiger partial charge in [0.05, 0.1) is 12.1 Å². The van der Waals surface area contributed by atoms with Gasteiger partial charge in [0.15, 0.2) is 5.82 Å². The summed E-state index contributed by atoms with van der Waals surface area (Å²) in [5.41, 5.74) is 1.01. The highest BCUT2D eigenvalue weighted by Gasteiger charge is 2.25. The molecule has 0 aromatic carbocycles. The quantitative estimate of drug-likeness (QED) is 0.875. The van der Waals surface area contributed by atoms with Crippen LogP contribution in [0.15, 0.2) is 21.3 Å². The van der Waals surface area contributed by atoms with Crippen molar-refractivity contribution in [1.82, 2.24) is 20.4 Å². The molecule has 5 nitrogen and oxygen atoms in total. The monoisotopic (exact) mass is 278 g/mol. The number of nitrogens with one attached hydrogen (secondary N) is 1. The minimum absolute atomic E-state index is 0.614. The number of hydrogen-bond donors (Lipinski definition) is 1. The van der Waals surface area contributed by atoms with Gasteiger partial charge in [-0.25, -0.2) is 0 Å². The molecule has 1 N–H and O–H groups in total. The fourth-order valence-electron chi connectivity index (χ4n) is 2.21. The Morgan fingerprint density at radius 2 is 2.42 bits per heavy atom. The van der Waals surface area contributed by atoms with E-state index < -0.39 is 0 Å². The Kier molecular flexibility index (Phi) is 3.91. The summed E-state index contributed by atoms with van der Waals surface area (Å²) in [4.78, 5) is 6.91. The molecule has 0 amide bonds. The van der Waals surface area contributed by atoms with Gasteiger partial charge in [0.25, 0.3) is 5.89 Å². The van der Waals surface area contributed by atoms with Crippen LogP contribution in [0, 0.1) is 0 Å². The first kappa shape index (κ1) is 12.8. The summed E-state index contributed by atoms with van der Waals surface area (Å²) < 4.78 is 5.32. The van der Waals surface area contributed by atoms with Crippen LogP contribution in [0.5, 0.6) is 0 Å². The molecule has 1 fully saturated rings. The molecule has 2 aromatic heterocycles. The third-order valence-corrected chi connectivity index (χ3v) is 4.05. The molecule has 1 aliphatic rings. The van der Waals surface area contributed by atoms with E-state index in [-0.39, 0.29) is 0 Å². The summed E-state index contributed by atoms with van der Waals surface area (Å²) in [5.74, 6) is 1.40. The summed E-state index contributed by atoms with van der Waals surface area (Å²) >= 11 is 1.64. The van der Waals surface area contributed by atoms with Gasteiger partial charge in [-0.15, -0.1) is 0 Å². The molecule has 19 heavy (non-hydrogen) atoms. The molecule has 3 heterocycles. The number of thiophene rings is 1. The van der Waals surface area contributed by atoms with Crippen molar-refractivity contribution in [2.24, 2.45) is 0 Å². The molecule has 3 rings (SSSR count). The van der Waals surface area contributed by atoms with Crippen LogP contribution in [0.4, 0.5) is 0 Å². The summed E-state index contributed by atoms with van der Waals surface area (Å²) in [5, 5.41) is 11.4. The highest BCUT2D eigenvalue weighted by molar-refractivity contribution is 7.08. The summed E-state index contributed by atoms with van der Waals surface area (Å²) in [7, 11) is 0. The third kappa shape index (κ3) is 2.86. The Morgan fingerprint density at radius 3 is 3.05 bits per heavy atom. The Morgan fingerprint density at radius 1 is 1.53 bits per heavy atom. The van der Waals surface area contributed by atoms with Crippen molar-refractivity contribution in [3.63, 3.8) is 0 Å². The first-order chi connectivity index (χ1) is 9.36. The van der Waals surface area contributed by atoms with E-state index in [1.807, 2.05) is 16.8 Å². The Balaban J connectivity index is 1.68. The summed E-state index contributed by atoms with van der Waals surface area (Å²) in [6.45, 7) is 6.18. The van der Waals surface area contributed by atoms with Gasteiger partial charge in [-0.3, -0.25) is 4.90 Å². The zero-order valence-corrected chi connectivity index (χ0v) is 11.8. The van der Waals surface area contributed by atoms with Gasteiger partial charge in [-0.1, -0.05) is 12.1 Å². The molecule has 1 aliphatic heterocycles. The van der Waals surface area contributed by atoms with Gasteiger partial charge in [0.2, 0.25) is 0 Å². The van der Waals surface area contributed by atoms with Crippen molar-refractivity contribution in [1.29, 1.82) is 0 Å². The molecule has 1 saturated heterocycles. The summed E-state index contributed by atoms with van der Waals surface area (Å²) in [6, 6.07) is 2.62. The van der Waals surface area contributed by atoms with Crippen LogP contribution in [-0.4, -0.2) is 40.7 Å². The predicted molar refractivity (Wildman–Crippen MR) is 75.0 cm³/mol. The highest BCUT2D eigenvalue weighted by atomic mass is 32.1. The summed E-state index contributed by atoms with van der Waals surface area (Å²) in [6.07, 6.45) is 1.14. The van der Waals surface area contributed by atoms with E-state index in [0.29, 0.717) is 11.9 Å². The van der Waals surface area contributed by atoms with E-state index in [4.69, 9.17) is 4.52 Å². The zero-order valence-electron chi connectivity index (χ0n) is 11.0. The molecule has 0 aliphatic carbocycles. The molecule has 0 saturated carbocycles. The highest BCUT2D eigenvalue weighted by Crippen LogP contribution is 2.20. The third-order valence-electron chi connectivity index (χ3n) is 3.37. The number of nitrogens with zero attached hydrogens (tertiary/aromatic N) is 3. The molecule has 0 bridgehead atoms. The van der Waals surface area contributed by atoms with E-state index in [9.17, 15) is 0 Å². The lowest BCUT2D eigenvalue weighted by Gasteiger charge is -2.37. The van der Waals surface area contributed by atoms with Gasteiger partial charge in [-0.05, 0) is 24.4 Å². The molecular formula is C13H18N4OS. The van der Waals surface area contributed by atoms with Crippen molar-refractivity contribution in [3.05, 3.63) is 22.7 Å². The largest absolute Gasteiger partial charge is 0.334 e. The van der Waals surface area contributed by atoms with Crippen molar-refractivity contribution in [3.8, 4) is 11.5 Å².